The van der Waals surface area contributed by atoms with Crippen LogP contribution in [0.15, 0.2) is 85.1 Å². The fourth-order valence-corrected chi connectivity index (χ4v) is 9.04. The number of ether oxygens (including phenoxy) is 1. The summed E-state index contributed by atoms with van der Waals surface area (Å²) in [6.45, 7) is 6.76. The number of phosphoric ester groups is 1. The molecule has 0 fully saturated rings. The van der Waals surface area contributed by atoms with E-state index in [4.69, 9.17) is 13.8 Å². The SMILES string of the molecule is CCCCC/C=C\C/C=C\C/C=C\C/C=C\CCCCCCCC(=O)OC(/C=C/CCCCCCCCCCC)C(COP(=O)([O-])OCC[N+](C)(C)C)NC(=O)CCCCC/C=C/C=C/CCCCCCCCC. The number of amides is 1. The van der Waals surface area contributed by atoms with E-state index in [0.29, 0.717) is 23.9 Å². The Morgan fingerprint density at radius 2 is 0.865 bits per heavy atom. The van der Waals surface area contributed by atoms with E-state index in [-0.39, 0.29) is 31.3 Å². The van der Waals surface area contributed by atoms with E-state index in [2.05, 4.69) is 99.0 Å². The Morgan fingerprint density at radius 3 is 1.35 bits per heavy atom. The highest BCUT2D eigenvalue weighted by molar-refractivity contribution is 7.45. The molecule has 0 heterocycles. The van der Waals surface area contributed by atoms with Gasteiger partial charge in [0.05, 0.1) is 33.8 Å². The molecule has 0 aliphatic carbocycles. The Morgan fingerprint density at radius 1 is 0.486 bits per heavy atom. The zero-order valence-electron chi connectivity index (χ0n) is 48.8. The molecule has 9 nitrogen and oxygen atoms in total. The summed E-state index contributed by atoms with van der Waals surface area (Å²) in [5.41, 5.74) is 0. The molecular weight excluding hydrogens is 940 g/mol. The highest BCUT2D eigenvalue weighted by Crippen LogP contribution is 2.38. The van der Waals surface area contributed by atoms with Gasteiger partial charge in [0.2, 0.25) is 5.91 Å². The lowest BCUT2D eigenvalue weighted by atomic mass is 10.1. The first-order chi connectivity index (χ1) is 35.9. The quantitative estimate of drug-likeness (QED) is 0.0161. The number of unbranched alkanes of at least 4 members (excludes halogenated alkanes) is 27. The van der Waals surface area contributed by atoms with Gasteiger partial charge in [0, 0.05) is 12.8 Å². The van der Waals surface area contributed by atoms with Gasteiger partial charge in [-0.05, 0) is 102 Å². The number of esters is 1. The zero-order chi connectivity index (χ0) is 54.3. The van der Waals surface area contributed by atoms with E-state index in [1.807, 2.05) is 33.3 Å². The highest BCUT2D eigenvalue weighted by atomic mass is 31.2. The molecular formula is C64H115N2O7P. The van der Waals surface area contributed by atoms with E-state index in [1.54, 1.807) is 0 Å². The minimum atomic E-state index is -4.71. The predicted octanol–water partition coefficient (Wildman–Crippen LogP) is 18.0. The molecule has 74 heavy (non-hydrogen) atoms. The van der Waals surface area contributed by atoms with Crippen LogP contribution in [-0.4, -0.2) is 69.4 Å². The van der Waals surface area contributed by atoms with Crippen molar-refractivity contribution in [3.8, 4) is 0 Å². The second-order valence-corrected chi connectivity index (χ2v) is 22.9. The molecule has 0 aliphatic heterocycles. The summed E-state index contributed by atoms with van der Waals surface area (Å²) in [5.74, 6) is -0.595. The maximum atomic E-state index is 13.5. The van der Waals surface area contributed by atoms with Crippen molar-refractivity contribution >= 4 is 19.7 Å². The van der Waals surface area contributed by atoms with Crippen LogP contribution in [0.4, 0.5) is 0 Å². The summed E-state index contributed by atoms with van der Waals surface area (Å²) in [6.07, 6.45) is 69.8. The lowest BCUT2D eigenvalue weighted by Gasteiger charge is -2.30. The van der Waals surface area contributed by atoms with Crippen molar-refractivity contribution in [2.75, 3.05) is 40.9 Å². The average Bonchev–Trinajstić information content (AvgIpc) is 3.36. The van der Waals surface area contributed by atoms with Crippen LogP contribution in [0.5, 0.6) is 0 Å². The smallest absolute Gasteiger partial charge is 0.306 e. The zero-order valence-corrected chi connectivity index (χ0v) is 49.7. The number of nitrogens with one attached hydrogen (secondary N) is 1. The largest absolute Gasteiger partial charge is 0.756 e. The second kappa shape index (κ2) is 53.6. The Labute approximate surface area is 456 Å². The van der Waals surface area contributed by atoms with Crippen LogP contribution in [0.25, 0.3) is 0 Å². The lowest BCUT2D eigenvalue weighted by Crippen LogP contribution is -2.47. The number of hydrogen-bond donors (Lipinski definition) is 1. The molecule has 1 N–H and O–H groups in total. The second-order valence-electron chi connectivity index (χ2n) is 21.5. The number of carbonyl (C=O) groups is 2. The standard InChI is InChI=1S/C64H115N2O7P/c1-7-10-13-16-19-22-25-27-29-31-32-33-34-35-37-39-42-45-48-51-54-57-64(68)73-62(55-52-49-46-43-40-24-21-18-15-12-9-3)61(60-72-74(69,70)71-59-58-66(4,5)6)65-63(67)56-53-50-47-44-41-38-36-30-28-26-23-20-17-14-11-8-2/h19,22,27,29-30,32-33,35-38,41,52,55,61-62H,7-18,20-21,23-26,28,31,34,39-40,42-51,53-54,56-60H2,1-6H3,(H-,65,67,69,70)/b22-19-,29-27-,33-32-,36-30+,37-35-,41-38+,55-52+. The fraction of sp³-hybridized carbons (Fsp3) is 0.750. The van der Waals surface area contributed by atoms with Gasteiger partial charge in [-0.1, -0.05) is 228 Å². The summed E-state index contributed by atoms with van der Waals surface area (Å²) < 4.78 is 30.2. The Kier molecular flexibility index (Phi) is 51.5. The third-order valence-corrected chi connectivity index (χ3v) is 14.0. The molecule has 0 rings (SSSR count). The number of allylic oxidation sites excluding steroid dienone is 13. The topological polar surface area (TPSA) is 114 Å². The van der Waals surface area contributed by atoms with Gasteiger partial charge in [-0.15, -0.1) is 0 Å². The minimum absolute atomic E-state index is 0.0341. The predicted molar refractivity (Wildman–Crippen MR) is 316 cm³/mol. The first-order valence-corrected chi connectivity index (χ1v) is 31.9. The van der Waals surface area contributed by atoms with Crippen LogP contribution in [0.3, 0.4) is 0 Å². The summed E-state index contributed by atoms with van der Waals surface area (Å²) >= 11 is 0. The summed E-state index contributed by atoms with van der Waals surface area (Å²) in [4.78, 5) is 39.9. The molecule has 0 saturated heterocycles. The molecule has 0 aromatic heterocycles. The Bertz CT molecular complexity index is 1540. The molecule has 0 spiro atoms. The van der Waals surface area contributed by atoms with E-state index >= 15 is 0 Å². The number of phosphoric acid groups is 1. The van der Waals surface area contributed by atoms with Crippen molar-refractivity contribution in [1.82, 2.24) is 5.32 Å². The maximum absolute atomic E-state index is 13.5. The Balaban J connectivity index is 5.33. The van der Waals surface area contributed by atoms with Gasteiger partial charge in [-0.3, -0.25) is 14.2 Å². The third-order valence-electron chi connectivity index (χ3n) is 13.1. The highest BCUT2D eigenvalue weighted by Gasteiger charge is 2.27. The Hall–Kier alpha value is -2.81. The first-order valence-electron chi connectivity index (χ1n) is 30.4. The van der Waals surface area contributed by atoms with Gasteiger partial charge < -0.3 is 28.5 Å². The lowest BCUT2D eigenvalue weighted by molar-refractivity contribution is -0.870. The van der Waals surface area contributed by atoms with Crippen molar-refractivity contribution in [1.29, 1.82) is 0 Å². The van der Waals surface area contributed by atoms with Crippen LogP contribution >= 0.6 is 7.82 Å². The van der Waals surface area contributed by atoms with Crippen molar-refractivity contribution in [2.24, 2.45) is 0 Å². The van der Waals surface area contributed by atoms with Crippen molar-refractivity contribution < 1.29 is 37.3 Å². The van der Waals surface area contributed by atoms with E-state index in [1.165, 1.54) is 116 Å². The van der Waals surface area contributed by atoms with Crippen molar-refractivity contribution in [3.63, 3.8) is 0 Å². The van der Waals surface area contributed by atoms with Crippen molar-refractivity contribution in [3.05, 3.63) is 85.1 Å². The number of carbonyl (C=O) groups excluding carboxylic acids is 2. The van der Waals surface area contributed by atoms with Gasteiger partial charge >= 0.3 is 5.97 Å². The van der Waals surface area contributed by atoms with Crippen LogP contribution < -0.4 is 10.2 Å². The van der Waals surface area contributed by atoms with Gasteiger partial charge in [0.15, 0.2) is 0 Å². The first kappa shape index (κ1) is 71.2. The third kappa shape index (κ3) is 54.0. The van der Waals surface area contributed by atoms with Gasteiger partial charge in [-0.2, -0.15) is 0 Å². The molecule has 0 saturated carbocycles. The molecule has 3 unspecified atom stereocenters. The van der Waals surface area contributed by atoms with Crippen molar-refractivity contribution in [2.45, 2.75) is 270 Å². The van der Waals surface area contributed by atoms with E-state index in [0.717, 1.165) is 96.3 Å². The van der Waals surface area contributed by atoms with Crippen LogP contribution in [-0.2, 0) is 27.9 Å². The number of rotatable bonds is 54. The number of quaternary nitrogens is 1. The molecule has 0 aliphatic rings. The molecule has 428 valence electrons. The normalized spacial score (nSPS) is 14.3. The average molecular weight is 1060 g/mol. The minimum Gasteiger partial charge on any atom is -0.756 e. The van der Waals surface area contributed by atoms with Crippen LogP contribution in [0.1, 0.15) is 258 Å². The summed E-state index contributed by atoms with van der Waals surface area (Å²) in [6, 6.07) is -0.913. The molecule has 0 aromatic rings. The van der Waals surface area contributed by atoms with Gasteiger partial charge in [0.25, 0.3) is 7.82 Å². The summed E-state index contributed by atoms with van der Waals surface area (Å²) in [7, 11) is 1.15. The number of likely N-dealkylation sites (N-methyl/N-ethyl adjacent to an activating group) is 1. The fourth-order valence-electron chi connectivity index (χ4n) is 8.32. The van der Waals surface area contributed by atoms with E-state index in [9.17, 15) is 19.0 Å². The monoisotopic (exact) mass is 1050 g/mol. The van der Waals surface area contributed by atoms with E-state index < -0.39 is 26.6 Å². The molecule has 0 radical (unpaired) electrons. The molecule has 0 aromatic carbocycles. The summed E-state index contributed by atoms with van der Waals surface area (Å²) in [5, 5.41) is 3.00. The molecule has 0 bridgehead atoms. The van der Waals surface area contributed by atoms with Gasteiger partial charge in [-0.25, -0.2) is 0 Å². The number of nitrogens with zero attached hydrogens (tertiary/aromatic N) is 1. The number of hydrogen-bond acceptors (Lipinski definition) is 7. The molecule has 3 atom stereocenters. The van der Waals surface area contributed by atoms with Gasteiger partial charge in [0.1, 0.15) is 19.3 Å². The molecule has 10 heteroatoms. The maximum Gasteiger partial charge on any atom is 0.306 e. The van der Waals surface area contributed by atoms with Crippen LogP contribution in [0.2, 0.25) is 0 Å². The molecule has 1 amide bonds. The van der Waals surface area contributed by atoms with Crippen LogP contribution in [0, 0.1) is 0 Å².